The minimum Gasteiger partial charge on any atom is -0.353 e. The molecule has 0 amide bonds. The van der Waals surface area contributed by atoms with Crippen LogP contribution in [0.3, 0.4) is 0 Å². The summed E-state index contributed by atoms with van der Waals surface area (Å²) in [4.78, 5) is 25.6. The fraction of sp³-hybridized carbons (Fsp3) is 0.118. The van der Waals surface area contributed by atoms with Gasteiger partial charge in [0.15, 0.2) is 6.29 Å². The van der Waals surface area contributed by atoms with Crippen molar-refractivity contribution in [2.75, 3.05) is 0 Å². The van der Waals surface area contributed by atoms with E-state index in [1.54, 1.807) is 18.2 Å². The fourth-order valence-electron chi connectivity index (χ4n) is 2.71. The van der Waals surface area contributed by atoms with Crippen molar-refractivity contribution in [3.8, 4) is 11.3 Å². The van der Waals surface area contributed by atoms with Crippen molar-refractivity contribution in [1.29, 1.82) is 0 Å². The van der Waals surface area contributed by atoms with Crippen LogP contribution in [0.25, 0.3) is 22.2 Å². The van der Waals surface area contributed by atoms with Crippen molar-refractivity contribution >= 4 is 22.9 Å². The lowest BCUT2D eigenvalue weighted by atomic mass is 10.0. The summed E-state index contributed by atoms with van der Waals surface area (Å²) in [5.41, 5.74) is 4.31. The summed E-state index contributed by atoms with van der Waals surface area (Å²) in [6.45, 7) is 3.95. The normalized spacial score (nSPS) is 10.8. The number of aromatic nitrogens is 1. The van der Waals surface area contributed by atoms with Gasteiger partial charge in [0, 0.05) is 22.5 Å². The van der Waals surface area contributed by atoms with E-state index in [4.69, 9.17) is 0 Å². The van der Waals surface area contributed by atoms with Gasteiger partial charge in [0.25, 0.3) is 5.69 Å². The van der Waals surface area contributed by atoms with Crippen molar-refractivity contribution < 1.29 is 9.72 Å². The molecule has 1 heterocycles. The Hall–Kier alpha value is -2.95. The summed E-state index contributed by atoms with van der Waals surface area (Å²) in [6, 6.07) is 10.2. The number of nitrogens with zero attached hydrogens (tertiary/aromatic N) is 1. The molecule has 0 aliphatic carbocycles. The van der Waals surface area contributed by atoms with Crippen LogP contribution in [0.5, 0.6) is 0 Å². The number of H-pyrrole nitrogens is 1. The summed E-state index contributed by atoms with van der Waals surface area (Å²) in [7, 11) is 0. The molecule has 2 aromatic carbocycles. The number of aromatic amines is 1. The average Bonchev–Trinajstić information content (AvgIpc) is 2.90. The molecule has 3 aromatic rings. The minimum atomic E-state index is -0.437. The Labute approximate surface area is 126 Å². The third-order valence-corrected chi connectivity index (χ3v) is 4.03. The van der Waals surface area contributed by atoms with Crippen LogP contribution in [0.1, 0.15) is 21.5 Å². The standard InChI is InChI=1S/C17H14N2O3/c1-10-7-8-12-14(9-20)17(18-16(12)11(10)2)13-5-3-4-6-15(13)19(21)22/h3-9,18H,1-2H3. The number of nitro groups is 1. The highest BCUT2D eigenvalue weighted by molar-refractivity contribution is 6.06. The average molecular weight is 294 g/mol. The van der Waals surface area contributed by atoms with Gasteiger partial charge < -0.3 is 4.98 Å². The van der Waals surface area contributed by atoms with Crippen LogP contribution in [-0.4, -0.2) is 16.2 Å². The van der Waals surface area contributed by atoms with Crippen LogP contribution in [0.4, 0.5) is 5.69 Å². The van der Waals surface area contributed by atoms with E-state index in [2.05, 4.69) is 4.98 Å². The maximum Gasteiger partial charge on any atom is 0.278 e. The van der Waals surface area contributed by atoms with Crippen molar-refractivity contribution in [2.45, 2.75) is 13.8 Å². The van der Waals surface area contributed by atoms with Crippen molar-refractivity contribution in [2.24, 2.45) is 0 Å². The monoisotopic (exact) mass is 294 g/mol. The van der Waals surface area contributed by atoms with Gasteiger partial charge in [-0.3, -0.25) is 14.9 Å². The van der Waals surface area contributed by atoms with E-state index >= 15 is 0 Å². The molecular formula is C17H14N2O3. The van der Waals surface area contributed by atoms with Gasteiger partial charge in [-0.2, -0.15) is 0 Å². The Balaban J connectivity index is 2.40. The molecule has 5 heteroatoms. The molecule has 0 spiro atoms. The van der Waals surface area contributed by atoms with Crippen molar-refractivity contribution in [3.63, 3.8) is 0 Å². The molecule has 110 valence electrons. The van der Waals surface area contributed by atoms with Crippen LogP contribution in [0.2, 0.25) is 0 Å². The smallest absolute Gasteiger partial charge is 0.278 e. The molecular weight excluding hydrogens is 280 g/mol. The first-order valence-corrected chi connectivity index (χ1v) is 6.85. The van der Waals surface area contributed by atoms with E-state index in [1.165, 1.54) is 6.07 Å². The molecule has 0 aliphatic rings. The SMILES string of the molecule is Cc1ccc2c(C=O)c(-c3ccccc3[N+](=O)[O-])[nH]c2c1C. The first-order valence-electron chi connectivity index (χ1n) is 6.85. The van der Waals surface area contributed by atoms with Gasteiger partial charge >= 0.3 is 0 Å². The molecule has 1 N–H and O–H groups in total. The summed E-state index contributed by atoms with van der Waals surface area (Å²) >= 11 is 0. The predicted octanol–water partition coefficient (Wildman–Crippen LogP) is 4.17. The molecule has 0 unspecified atom stereocenters. The zero-order valence-electron chi connectivity index (χ0n) is 12.2. The van der Waals surface area contributed by atoms with E-state index in [0.717, 1.165) is 28.3 Å². The molecule has 0 bridgehead atoms. The van der Waals surface area contributed by atoms with E-state index in [9.17, 15) is 14.9 Å². The van der Waals surface area contributed by atoms with Crippen LogP contribution in [0, 0.1) is 24.0 Å². The number of nitrogens with one attached hydrogen (secondary N) is 1. The maximum absolute atomic E-state index is 11.6. The molecule has 0 saturated carbocycles. The first kappa shape index (κ1) is 14.0. The Bertz CT molecular complexity index is 910. The quantitative estimate of drug-likeness (QED) is 0.447. The highest BCUT2D eigenvalue weighted by atomic mass is 16.6. The minimum absolute atomic E-state index is 0.0217. The first-order chi connectivity index (χ1) is 10.5. The van der Waals surface area contributed by atoms with Crippen molar-refractivity contribution in [3.05, 3.63) is 63.2 Å². The molecule has 3 rings (SSSR count). The highest BCUT2D eigenvalue weighted by Crippen LogP contribution is 2.36. The number of carbonyl (C=O) groups is 1. The summed E-state index contributed by atoms with van der Waals surface area (Å²) < 4.78 is 0. The number of fused-ring (bicyclic) bond motifs is 1. The van der Waals surface area contributed by atoms with Crippen LogP contribution >= 0.6 is 0 Å². The molecule has 0 radical (unpaired) electrons. The number of aldehydes is 1. The Morgan fingerprint density at radius 1 is 1.14 bits per heavy atom. The largest absolute Gasteiger partial charge is 0.353 e. The number of para-hydroxylation sites is 1. The van der Waals surface area contributed by atoms with Crippen LogP contribution in [-0.2, 0) is 0 Å². The lowest BCUT2D eigenvalue weighted by Crippen LogP contribution is -1.93. The summed E-state index contributed by atoms with van der Waals surface area (Å²) in [6.07, 6.45) is 0.750. The number of carbonyl (C=O) groups excluding carboxylic acids is 1. The van der Waals surface area contributed by atoms with Gasteiger partial charge in [0.2, 0.25) is 0 Å². The lowest BCUT2D eigenvalue weighted by Gasteiger charge is -2.01. The Kier molecular flexibility index (Phi) is 3.25. The highest BCUT2D eigenvalue weighted by Gasteiger charge is 2.21. The molecule has 0 atom stereocenters. The number of benzene rings is 2. The molecule has 0 aliphatic heterocycles. The second kappa shape index (κ2) is 5.11. The predicted molar refractivity (Wildman–Crippen MR) is 85.3 cm³/mol. The molecule has 0 fully saturated rings. The summed E-state index contributed by atoms with van der Waals surface area (Å²) in [5, 5.41) is 12.0. The van der Waals surface area contributed by atoms with Gasteiger partial charge in [0.05, 0.1) is 16.2 Å². The van der Waals surface area contributed by atoms with E-state index < -0.39 is 4.92 Å². The number of hydrogen-bond acceptors (Lipinski definition) is 3. The van der Waals surface area contributed by atoms with Gasteiger partial charge in [0.1, 0.15) is 0 Å². The number of hydrogen-bond donors (Lipinski definition) is 1. The lowest BCUT2D eigenvalue weighted by molar-refractivity contribution is -0.384. The third kappa shape index (κ3) is 1.98. The van der Waals surface area contributed by atoms with Gasteiger partial charge in [-0.1, -0.05) is 24.3 Å². The maximum atomic E-state index is 11.6. The van der Waals surface area contributed by atoms with E-state index in [0.29, 0.717) is 16.8 Å². The third-order valence-electron chi connectivity index (χ3n) is 4.03. The zero-order valence-corrected chi connectivity index (χ0v) is 12.2. The second-order valence-electron chi connectivity index (χ2n) is 5.24. The zero-order chi connectivity index (χ0) is 15.9. The van der Waals surface area contributed by atoms with Crippen molar-refractivity contribution in [1.82, 2.24) is 4.98 Å². The van der Waals surface area contributed by atoms with Crippen LogP contribution < -0.4 is 0 Å². The van der Waals surface area contributed by atoms with Gasteiger partial charge in [-0.05, 0) is 31.0 Å². The van der Waals surface area contributed by atoms with Crippen LogP contribution in [0.15, 0.2) is 36.4 Å². The second-order valence-corrected chi connectivity index (χ2v) is 5.24. The van der Waals surface area contributed by atoms with E-state index in [-0.39, 0.29) is 5.69 Å². The molecule has 5 nitrogen and oxygen atoms in total. The molecule has 22 heavy (non-hydrogen) atoms. The fourth-order valence-corrected chi connectivity index (χ4v) is 2.71. The Morgan fingerprint density at radius 3 is 2.55 bits per heavy atom. The molecule has 1 aromatic heterocycles. The number of aryl methyl sites for hydroxylation is 2. The number of rotatable bonds is 3. The van der Waals surface area contributed by atoms with Gasteiger partial charge in [-0.25, -0.2) is 0 Å². The summed E-state index contributed by atoms with van der Waals surface area (Å²) in [5.74, 6) is 0. The Morgan fingerprint density at radius 2 is 1.86 bits per heavy atom. The van der Waals surface area contributed by atoms with E-state index in [1.807, 2.05) is 26.0 Å². The van der Waals surface area contributed by atoms with Gasteiger partial charge in [-0.15, -0.1) is 0 Å². The molecule has 0 saturated heterocycles. The number of nitro benzene ring substituents is 1. The topological polar surface area (TPSA) is 76.0 Å².